The molecule has 26 heavy (non-hydrogen) atoms. The number of nitrogens with zero attached hydrogens (tertiary/aromatic N) is 2. The summed E-state index contributed by atoms with van der Waals surface area (Å²) in [6.45, 7) is 2.21. The summed E-state index contributed by atoms with van der Waals surface area (Å²) in [6, 6.07) is 14.6. The Hall–Kier alpha value is -3.61. The third kappa shape index (κ3) is 3.41. The lowest BCUT2D eigenvalue weighted by atomic mass is 10.2. The van der Waals surface area contributed by atoms with Crippen molar-refractivity contribution >= 4 is 23.1 Å². The van der Waals surface area contributed by atoms with Crippen LogP contribution in [0, 0.1) is 6.92 Å². The molecule has 130 valence electrons. The SMILES string of the molecule is Cc1ccc(NC(=O)c2cc(Nc3ccc4c(c3)OCO4)ncn2)cc1. The third-order valence-corrected chi connectivity index (χ3v) is 3.85. The van der Waals surface area contributed by atoms with Gasteiger partial charge < -0.3 is 20.1 Å². The van der Waals surface area contributed by atoms with Gasteiger partial charge in [0.25, 0.3) is 5.91 Å². The van der Waals surface area contributed by atoms with Crippen molar-refractivity contribution < 1.29 is 14.3 Å². The van der Waals surface area contributed by atoms with Gasteiger partial charge in [0.15, 0.2) is 11.5 Å². The molecule has 0 saturated carbocycles. The van der Waals surface area contributed by atoms with Crippen molar-refractivity contribution in [3.8, 4) is 11.5 Å². The van der Waals surface area contributed by atoms with E-state index in [2.05, 4.69) is 20.6 Å². The van der Waals surface area contributed by atoms with Gasteiger partial charge in [0.2, 0.25) is 6.79 Å². The minimum absolute atomic E-state index is 0.218. The summed E-state index contributed by atoms with van der Waals surface area (Å²) in [5, 5.41) is 5.95. The van der Waals surface area contributed by atoms with Gasteiger partial charge in [0.05, 0.1) is 0 Å². The van der Waals surface area contributed by atoms with Crippen LogP contribution in [0.2, 0.25) is 0 Å². The molecule has 0 atom stereocenters. The van der Waals surface area contributed by atoms with Gasteiger partial charge in [-0.15, -0.1) is 0 Å². The number of carbonyl (C=O) groups is 1. The molecule has 1 aliphatic heterocycles. The molecule has 0 unspecified atom stereocenters. The number of anilines is 3. The zero-order chi connectivity index (χ0) is 17.9. The van der Waals surface area contributed by atoms with Gasteiger partial charge in [-0.3, -0.25) is 4.79 Å². The first-order chi connectivity index (χ1) is 12.7. The average molecular weight is 348 g/mol. The van der Waals surface area contributed by atoms with E-state index in [-0.39, 0.29) is 18.4 Å². The summed E-state index contributed by atoms with van der Waals surface area (Å²) in [7, 11) is 0. The number of ether oxygens (including phenoxy) is 2. The largest absolute Gasteiger partial charge is 0.454 e. The molecule has 1 amide bonds. The van der Waals surface area contributed by atoms with Crippen LogP contribution in [0.3, 0.4) is 0 Å². The van der Waals surface area contributed by atoms with Gasteiger partial charge in [0.1, 0.15) is 17.8 Å². The van der Waals surface area contributed by atoms with E-state index in [0.717, 1.165) is 11.3 Å². The third-order valence-electron chi connectivity index (χ3n) is 3.85. The average Bonchev–Trinajstić information content (AvgIpc) is 3.12. The summed E-state index contributed by atoms with van der Waals surface area (Å²) in [4.78, 5) is 20.6. The molecule has 4 rings (SSSR count). The van der Waals surface area contributed by atoms with Crippen LogP contribution >= 0.6 is 0 Å². The molecule has 0 saturated heterocycles. The van der Waals surface area contributed by atoms with E-state index in [1.807, 2.05) is 49.4 Å². The van der Waals surface area contributed by atoms with Crippen molar-refractivity contribution in [1.82, 2.24) is 9.97 Å². The highest BCUT2D eigenvalue weighted by atomic mass is 16.7. The number of aryl methyl sites for hydroxylation is 1. The Morgan fingerprint density at radius 1 is 0.962 bits per heavy atom. The van der Waals surface area contributed by atoms with Crippen molar-refractivity contribution in [2.24, 2.45) is 0 Å². The first kappa shape index (κ1) is 15.9. The molecule has 3 aromatic rings. The van der Waals surface area contributed by atoms with Crippen LogP contribution in [0.1, 0.15) is 16.1 Å². The number of carbonyl (C=O) groups excluding carboxylic acids is 1. The fraction of sp³-hybridized carbons (Fsp3) is 0.105. The lowest BCUT2D eigenvalue weighted by molar-refractivity contribution is 0.102. The number of fused-ring (bicyclic) bond motifs is 1. The van der Waals surface area contributed by atoms with Gasteiger partial charge in [0, 0.05) is 23.5 Å². The highest BCUT2D eigenvalue weighted by molar-refractivity contribution is 6.03. The van der Waals surface area contributed by atoms with Gasteiger partial charge >= 0.3 is 0 Å². The van der Waals surface area contributed by atoms with Crippen LogP contribution in [0.15, 0.2) is 54.9 Å². The lowest BCUT2D eigenvalue weighted by Gasteiger charge is -2.08. The Morgan fingerprint density at radius 3 is 2.58 bits per heavy atom. The van der Waals surface area contributed by atoms with E-state index in [0.29, 0.717) is 23.0 Å². The second kappa shape index (κ2) is 6.72. The monoisotopic (exact) mass is 348 g/mol. The van der Waals surface area contributed by atoms with Crippen molar-refractivity contribution in [2.75, 3.05) is 17.4 Å². The van der Waals surface area contributed by atoms with E-state index < -0.39 is 0 Å². The Bertz CT molecular complexity index is 957. The number of hydrogen-bond acceptors (Lipinski definition) is 6. The molecule has 1 aromatic heterocycles. The minimum Gasteiger partial charge on any atom is -0.454 e. The topological polar surface area (TPSA) is 85.4 Å². The molecule has 7 heteroatoms. The minimum atomic E-state index is -0.301. The highest BCUT2D eigenvalue weighted by Crippen LogP contribution is 2.34. The van der Waals surface area contributed by atoms with E-state index in [1.165, 1.54) is 6.33 Å². The maximum atomic E-state index is 12.4. The summed E-state index contributed by atoms with van der Waals surface area (Å²) in [6.07, 6.45) is 1.35. The number of aromatic nitrogens is 2. The first-order valence-electron chi connectivity index (χ1n) is 8.04. The molecule has 0 bridgehead atoms. The molecular formula is C19H16N4O3. The number of hydrogen-bond donors (Lipinski definition) is 2. The molecular weight excluding hydrogens is 332 g/mol. The Labute approximate surface area is 150 Å². The van der Waals surface area contributed by atoms with Gasteiger partial charge in [-0.2, -0.15) is 0 Å². The molecule has 0 spiro atoms. The number of benzene rings is 2. The lowest BCUT2D eigenvalue weighted by Crippen LogP contribution is -2.14. The standard InChI is InChI=1S/C19H16N4O3/c1-12-2-4-13(5-3-12)23-19(24)15-9-18(21-10-20-15)22-14-6-7-16-17(8-14)26-11-25-16/h2-10H,11H2,1H3,(H,23,24)(H,20,21,22). The maximum absolute atomic E-state index is 12.4. The van der Waals surface area contributed by atoms with Crippen molar-refractivity contribution in [2.45, 2.75) is 6.92 Å². The second-order valence-corrected chi connectivity index (χ2v) is 5.80. The van der Waals surface area contributed by atoms with Crippen LogP contribution < -0.4 is 20.1 Å². The summed E-state index contributed by atoms with van der Waals surface area (Å²) < 4.78 is 10.6. The summed E-state index contributed by atoms with van der Waals surface area (Å²) >= 11 is 0. The quantitative estimate of drug-likeness (QED) is 0.750. The zero-order valence-corrected chi connectivity index (χ0v) is 14.0. The Balaban J connectivity index is 1.49. The zero-order valence-electron chi connectivity index (χ0n) is 14.0. The number of amides is 1. The number of nitrogens with one attached hydrogen (secondary N) is 2. The number of rotatable bonds is 4. The van der Waals surface area contributed by atoms with Crippen molar-refractivity contribution in [1.29, 1.82) is 0 Å². The Morgan fingerprint density at radius 2 is 1.73 bits per heavy atom. The van der Waals surface area contributed by atoms with E-state index >= 15 is 0 Å². The van der Waals surface area contributed by atoms with E-state index in [1.54, 1.807) is 6.07 Å². The van der Waals surface area contributed by atoms with Crippen LogP contribution in [-0.4, -0.2) is 22.7 Å². The van der Waals surface area contributed by atoms with Gasteiger partial charge in [-0.1, -0.05) is 17.7 Å². The van der Waals surface area contributed by atoms with Crippen LogP contribution in [0.5, 0.6) is 11.5 Å². The van der Waals surface area contributed by atoms with Crippen LogP contribution in [0.25, 0.3) is 0 Å². The molecule has 0 aliphatic carbocycles. The van der Waals surface area contributed by atoms with E-state index in [9.17, 15) is 4.79 Å². The molecule has 1 aliphatic rings. The summed E-state index contributed by atoms with van der Waals surface area (Å²) in [5.41, 5.74) is 2.88. The maximum Gasteiger partial charge on any atom is 0.274 e. The van der Waals surface area contributed by atoms with Gasteiger partial charge in [-0.05, 0) is 31.2 Å². The first-order valence-corrected chi connectivity index (χ1v) is 8.04. The molecule has 0 radical (unpaired) electrons. The summed E-state index contributed by atoms with van der Waals surface area (Å²) in [5.74, 6) is 1.58. The highest BCUT2D eigenvalue weighted by Gasteiger charge is 2.14. The molecule has 0 fully saturated rings. The smallest absolute Gasteiger partial charge is 0.274 e. The van der Waals surface area contributed by atoms with Gasteiger partial charge in [-0.25, -0.2) is 9.97 Å². The fourth-order valence-corrected chi connectivity index (χ4v) is 2.50. The van der Waals surface area contributed by atoms with Crippen molar-refractivity contribution in [3.05, 3.63) is 66.1 Å². The predicted molar refractivity (Wildman–Crippen MR) is 97.0 cm³/mol. The molecule has 2 aromatic carbocycles. The second-order valence-electron chi connectivity index (χ2n) is 5.80. The van der Waals surface area contributed by atoms with Crippen LogP contribution in [0.4, 0.5) is 17.2 Å². The molecule has 7 nitrogen and oxygen atoms in total. The predicted octanol–water partition coefficient (Wildman–Crippen LogP) is 3.51. The fourth-order valence-electron chi connectivity index (χ4n) is 2.50. The van der Waals surface area contributed by atoms with Crippen LogP contribution in [-0.2, 0) is 0 Å². The normalized spacial score (nSPS) is 11.9. The van der Waals surface area contributed by atoms with E-state index in [4.69, 9.17) is 9.47 Å². The van der Waals surface area contributed by atoms with Crippen molar-refractivity contribution in [3.63, 3.8) is 0 Å². The Kier molecular flexibility index (Phi) is 4.10. The molecule has 2 heterocycles. The molecule has 2 N–H and O–H groups in total.